The maximum Gasteiger partial charge on any atom is 0.422 e. The number of aliphatic carboxylic acids is 1. The molecule has 0 aliphatic rings. The number of pyridine rings is 1. The van der Waals surface area contributed by atoms with Gasteiger partial charge in [-0.3, -0.25) is 9.59 Å². The van der Waals surface area contributed by atoms with Gasteiger partial charge >= 0.3 is 12.1 Å². The number of aliphatic hydroxyl groups is 1. The lowest BCUT2D eigenvalue weighted by atomic mass is 9.78. The van der Waals surface area contributed by atoms with Gasteiger partial charge in [0.1, 0.15) is 0 Å². The van der Waals surface area contributed by atoms with Crippen LogP contribution in [0.2, 0.25) is 5.02 Å². The van der Waals surface area contributed by atoms with Crippen LogP contribution < -0.4 is 5.56 Å². The normalized spacial score (nSPS) is 14.5. The Morgan fingerprint density at radius 2 is 1.67 bits per heavy atom. The van der Waals surface area contributed by atoms with Gasteiger partial charge in [0.15, 0.2) is 5.60 Å². The summed E-state index contributed by atoms with van der Waals surface area (Å²) in [6, 6.07) is 13.0. The van der Waals surface area contributed by atoms with Crippen molar-refractivity contribution in [2.45, 2.75) is 31.0 Å². The number of alkyl halides is 3. The summed E-state index contributed by atoms with van der Waals surface area (Å²) in [6.45, 7) is 1.27. The second-order valence-electron chi connectivity index (χ2n) is 7.85. The summed E-state index contributed by atoms with van der Waals surface area (Å²) < 4.78 is 43.2. The molecule has 0 spiro atoms. The molecule has 9 heteroatoms. The van der Waals surface area contributed by atoms with Crippen LogP contribution in [0.4, 0.5) is 13.2 Å². The molecule has 0 aliphatic carbocycles. The first kappa shape index (κ1) is 24.5. The van der Waals surface area contributed by atoms with E-state index in [4.69, 9.17) is 16.7 Å². The number of aryl methyl sites for hydroxylation is 1. The molecule has 0 saturated heterocycles. The highest BCUT2D eigenvalue weighted by Crippen LogP contribution is 2.48. The largest absolute Gasteiger partial charge is 0.481 e. The Bertz CT molecular complexity index is 1240. The van der Waals surface area contributed by atoms with Crippen LogP contribution >= 0.6 is 11.6 Å². The van der Waals surface area contributed by atoms with Gasteiger partial charge in [-0.1, -0.05) is 54.9 Å². The quantitative estimate of drug-likeness (QED) is 0.528. The van der Waals surface area contributed by atoms with Gasteiger partial charge in [-0.25, -0.2) is 0 Å². The topological polar surface area (TPSA) is 79.5 Å². The summed E-state index contributed by atoms with van der Waals surface area (Å²) in [4.78, 5) is 22.5. The molecule has 5 nitrogen and oxygen atoms in total. The van der Waals surface area contributed by atoms with Gasteiger partial charge in [0.05, 0.1) is 6.42 Å². The Labute approximate surface area is 192 Å². The third kappa shape index (κ3) is 4.82. The fourth-order valence-electron chi connectivity index (χ4n) is 3.72. The van der Waals surface area contributed by atoms with Crippen molar-refractivity contribution in [3.63, 3.8) is 0 Å². The number of carboxylic acid groups (broad SMARTS) is 1. The molecule has 1 heterocycles. The molecule has 0 radical (unpaired) electrons. The SMILES string of the molecule is CC(c1ccc(-c2ccc(CC(=O)O)c(Cl)c2)cc1)C(O)(c1ccc(=O)n(C)c1)C(F)(F)F. The van der Waals surface area contributed by atoms with Crippen molar-refractivity contribution in [1.82, 2.24) is 4.57 Å². The first-order valence-corrected chi connectivity index (χ1v) is 10.3. The molecule has 0 aliphatic heterocycles. The van der Waals surface area contributed by atoms with Gasteiger partial charge in [-0.15, -0.1) is 0 Å². The molecule has 2 N–H and O–H groups in total. The van der Waals surface area contributed by atoms with E-state index in [1.807, 2.05) is 0 Å². The van der Waals surface area contributed by atoms with E-state index in [1.165, 1.54) is 26.1 Å². The Balaban J connectivity index is 1.97. The maximum absolute atomic E-state index is 14.1. The highest BCUT2D eigenvalue weighted by Gasteiger charge is 2.58. The van der Waals surface area contributed by atoms with Gasteiger partial charge in [0, 0.05) is 35.8 Å². The molecule has 33 heavy (non-hydrogen) atoms. The van der Waals surface area contributed by atoms with Crippen LogP contribution in [0.25, 0.3) is 11.1 Å². The molecule has 0 amide bonds. The number of aromatic nitrogens is 1. The average molecular weight is 480 g/mol. The fraction of sp³-hybridized carbons (Fsp3) is 0.250. The van der Waals surface area contributed by atoms with Crippen molar-refractivity contribution in [1.29, 1.82) is 0 Å². The number of hydrogen-bond donors (Lipinski definition) is 2. The Hall–Kier alpha value is -3.10. The van der Waals surface area contributed by atoms with E-state index in [0.29, 0.717) is 16.7 Å². The molecule has 0 bridgehead atoms. The summed E-state index contributed by atoms with van der Waals surface area (Å²) in [5.41, 5.74) is -2.14. The lowest BCUT2D eigenvalue weighted by Gasteiger charge is -2.36. The number of hydrogen-bond acceptors (Lipinski definition) is 3. The van der Waals surface area contributed by atoms with E-state index >= 15 is 0 Å². The predicted octanol–water partition coefficient (Wildman–Crippen LogP) is 4.89. The van der Waals surface area contributed by atoms with E-state index < -0.39 is 34.8 Å². The van der Waals surface area contributed by atoms with E-state index in [-0.39, 0.29) is 17.0 Å². The van der Waals surface area contributed by atoms with E-state index in [2.05, 4.69) is 0 Å². The Morgan fingerprint density at radius 3 is 2.18 bits per heavy atom. The lowest BCUT2D eigenvalue weighted by Crippen LogP contribution is -2.47. The smallest absolute Gasteiger partial charge is 0.422 e. The minimum Gasteiger partial charge on any atom is -0.481 e. The third-order valence-corrected chi connectivity index (χ3v) is 6.08. The van der Waals surface area contributed by atoms with E-state index in [0.717, 1.165) is 22.9 Å². The highest BCUT2D eigenvalue weighted by molar-refractivity contribution is 6.31. The first-order valence-electron chi connectivity index (χ1n) is 9.91. The number of rotatable bonds is 6. The minimum absolute atomic E-state index is 0.226. The van der Waals surface area contributed by atoms with Gasteiger partial charge in [0.2, 0.25) is 5.56 Å². The summed E-state index contributed by atoms with van der Waals surface area (Å²) in [5, 5.41) is 20.1. The van der Waals surface area contributed by atoms with Crippen LogP contribution in [-0.4, -0.2) is 26.9 Å². The lowest BCUT2D eigenvalue weighted by molar-refractivity contribution is -0.274. The molecule has 0 saturated carbocycles. The minimum atomic E-state index is -5.00. The molecule has 2 atom stereocenters. The van der Waals surface area contributed by atoms with Crippen LogP contribution in [0.5, 0.6) is 0 Å². The summed E-state index contributed by atoms with van der Waals surface area (Å²) in [5.74, 6) is -2.40. The van der Waals surface area contributed by atoms with Crippen LogP contribution in [0, 0.1) is 0 Å². The molecular formula is C24H21ClF3NO4. The number of nitrogens with zero attached hydrogens (tertiary/aromatic N) is 1. The van der Waals surface area contributed by atoms with Crippen molar-refractivity contribution < 1.29 is 28.2 Å². The van der Waals surface area contributed by atoms with Gasteiger partial charge in [-0.2, -0.15) is 13.2 Å². The highest BCUT2D eigenvalue weighted by atomic mass is 35.5. The number of halogens is 4. The third-order valence-electron chi connectivity index (χ3n) is 5.72. The number of benzene rings is 2. The zero-order valence-corrected chi connectivity index (χ0v) is 18.5. The molecule has 2 aromatic carbocycles. The molecule has 0 fully saturated rings. The molecule has 174 valence electrons. The van der Waals surface area contributed by atoms with E-state index in [9.17, 15) is 27.9 Å². The van der Waals surface area contributed by atoms with E-state index in [1.54, 1.807) is 30.3 Å². The second kappa shape index (κ2) is 9.03. The molecular weight excluding hydrogens is 459 g/mol. The monoisotopic (exact) mass is 479 g/mol. The first-order chi connectivity index (χ1) is 15.3. The maximum atomic E-state index is 14.1. The van der Waals surface area contributed by atoms with Gasteiger partial charge in [0.25, 0.3) is 0 Å². The summed E-state index contributed by atoms with van der Waals surface area (Å²) in [6.07, 6.45) is -4.24. The fourth-order valence-corrected chi connectivity index (χ4v) is 3.96. The molecule has 1 aromatic heterocycles. The Morgan fingerprint density at radius 1 is 1.06 bits per heavy atom. The number of carbonyl (C=O) groups is 1. The zero-order chi connectivity index (χ0) is 24.6. The van der Waals surface area contributed by atoms with Crippen LogP contribution in [0.3, 0.4) is 0 Å². The van der Waals surface area contributed by atoms with Crippen molar-refractivity contribution in [3.8, 4) is 11.1 Å². The summed E-state index contributed by atoms with van der Waals surface area (Å²) in [7, 11) is 1.31. The van der Waals surface area contributed by atoms with Crippen molar-refractivity contribution in [3.05, 3.63) is 92.9 Å². The van der Waals surface area contributed by atoms with Crippen LogP contribution in [-0.2, 0) is 23.9 Å². The Kier molecular flexibility index (Phi) is 6.72. The average Bonchev–Trinajstić information content (AvgIpc) is 2.75. The van der Waals surface area contributed by atoms with Crippen molar-refractivity contribution >= 4 is 17.6 Å². The van der Waals surface area contributed by atoms with Crippen molar-refractivity contribution in [2.24, 2.45) is 7.05 Å². The molecule has 3 aromatic rings. The van der Waals surface area contributed by atoms with Crippen LogP contribution in [0.15, 0.2) is 65.6 Å². The van der Waals surface area contributed by atoms with Crippen LogP contribution in [0.1, 0.15) is 29.5 Å². The molecule has 3 rings (SSSR count). The second-order valence-corrected chi connectivity index (χ2v) is 8.26. The van der Waals surface area contributed by atoms with Gasteiger partial charge < -0.3 is 14.8 Å². The number of carboxylic acids is 1. The molecule has 2 unspecified atom stereocenters. The van der Waals surface area contributed by atoms with Gasteiger partial charge in [-0.05, 0) is 34.4 Å². The van der Waals surface area contributed by atoms with Crippen molar-refractivity contribution in [2.75, 3.05) is 0 Å². The summed E-state index contributed by atoms with van der Waals surface area (Å²) >= 11 is 6.16. The standard InChI is InChI=1S/C24H21ClF3NO4/c1-14(23(33,24(26,27)28)19-9-10-21(30)29(2)13-19)15-3-5-16(6-4-15)17-7-8-18(12-22(31)32)20(25)11-17/h3-11,13-14,33H,12H2,1-2H3,(H,31,32). The predicted molar refractivity (Wildman–Crippen MR) is 118 cm³/mol. The zero-order valence-electron chi connectivity index (χ0n) is 17.7.